The zero-order valence-electron chi connectivity index (χ0n) is 8.95. The van der Waals surface area contributed by atoms with Crippen LogP contribution in [0, 0.1) is 0 Å². The van der Waals surface area contributed by atoms with E-state index in [1.54, 1.807) is 0 Å². The summed E-state index contributed by atoms with van der Waals surface area (Å²) >= 11 is 0. The summed E-state index contributed by atoms with van der Waals surface area (Å²) < 4.78 is 0. The van der Waals surface area contributed by atoms with Crippen LogP contribution in [0.1, 0.15) is 30.9 Å². The van der Waals surface area contributed by atoms with Crippen LogP contribution in [-0.4, -0.2) is 40.8 Å². The zero-order chi connectivity index (χ0) is 10.1. The molecular weight excluding hydrogens is 188 g/mol. The third-order valence-corrected chi connectivity index (χ3v) is 3.69. The van der Waals surface area contributed by atoms with E-state index in [1.165, 1.54) is 31.4 Å². The molecule has 0 aliphatic carbocycles. The molecule has 2 fully saturated rings. The van der Waals surface area contributed by atoms with Crippen LogP contribution in [0.4, 0.5) is 0 Å². The molecule has 0 bridgehead atoms. The predicted octanol–water partition coefficient (Wildman–Crippen LogP) is 0.908. The number of aromatic amines is 1. The van der Waals surface area contributed by atoms with Crippen LogP contribution < -0.4 is 5.32 Å². The van der Waals surface area contributed by atoms with Gasteiger partial charge in [-0.15, -0.1) is 0 Å². The minimum Gasteiger partial charge on any atom is -0.307 e. The third kappa shape index (κ3) is 1.79. The number of aromatic nitrogens is 2. The highest BCUT2D eigenvalue weighted by atomic mass is 15.2. The normalized spacial score (nSPS) is 32.5. The van der Waals surface area contributed by atoms with Gasteiger partial charge in [0, 0.05) is 36.9 Å². The molecule has 3 rings (SSSR count). The maximum absolute atomic E-state index is 4.02. The van der Waals surface area contributed by atoms with Gasteiger partial charge in [-0.25, -0.2) is 0 Å². The Morgan fingerprint density at radius 1 is 1.40 bits per heavy atom. The van der Waals surface area contributed by atoms with E-state index < -0.39 is 0 Å². The van der Waals surface area contributed by atoms with Crippen molar-refractivity contribution in [2.24, 2.45) is 0 Å². The van der Waals surface area contributed by atoms with Crippen molar-refractivity contribution in [2.75, 3.05) is 19.6 Å². The van der Waals surface area contributed by atoms with Crippen molar-refractivity contribution >= 4 is 0 Å². The summed E-state index contributed by atoms with van der Waals surface area (Å²) in [5.41, 5.74) is 1.29. The van der Waals surface area contributed by atoms with Crippen molar-refractivity contribution in [2.45, 2.75) is 31.3 Å². The molecule has 0 amide bonds. The summed E-state index contributed by atoms with van der Waals surface area (Å²) in [6.07, 6.45) is 8.07. The lowest BCUT2D eigenvalue weighted by Gasteiger charge is -2.43. The number of rotatable bonds is 1. The average molecular weight is 206 g/mol. The van der Waals surface area contributed by atoms with Gasteiger partial charge in [-0.1, -0.05) is 6.42 Å². The Morgan fingerprint density at radius 2 is 2.40 bits per heavy atom. The van der Waals surface area contributed by atoms with E-state index in [0.29, 0.717) is 6.04 Å². The molecule has 0 radical (unpaired) electrons. The molecule has 4 nitrogen and oxygen atoms in total. The van der Waals surface area contributed by atoms with Gasteiger partial charge < -0.3 is 5.32 Å². The third-order valence-electron chi connectivity index (χ3n) is 3.69. The first-order chi connectivity index (χ1) is 7.43. The number of nitrogens with one attached hydrogen (secondary N) is 2. The van der Waals surface area contributed by atoms with Gasteiger partial charge in [0.1, 0.15) is 0 Å². The van der Waals surface area contributed by atoms with Gasteiger partial charge in [0.05, 0.1) is 6.20 Å². The van der Waals surface area contributed by atoms with E-state index in [-0.39, 0.29) is 0 Å². The van der Waals surface area contributed by atoms with Gasteiger partial charge in [0.25, 0.3) is 0 Å². The second-order valence-corrected chi connectivity index (χ2v) is 4.64. The number of fused-ring (bicyclic) bond motifs is 1. The van der Waals surface area contributed by atoms with Crippen LogP contribution in [0.25, 0.3) is 0 Å². The van der Waals surface area contributed by atoms with Crippen molar-refractivity contribution in [3.05, 3.63) is 18.0 Å². The van der Waals surface area contributed by atoms with Crippen molar-refractivity contribution < 1.29 is 0 Å². The minimum atomic E-state index is 0.470. The van der Waals surface area contributed by atoms with E-state index in [4.69, 9.17) is 0 Å². The first-order valence-electron chi connectivity index (χ1n) is 5.89. The van der Waals surface area contributed by atoms with E-state index >= 15 is 0 Å². The Kier molecular flexibility index (Phi) is 2.46. The summed E-state index contributed by atoms with van der Waals surface area (Å²) in [5, 5.41) is 10.5. The first-order valence-corrected chi connectivity index (χ1v) is 5.89. The Morgan fingerprint density at radius 3 is 3.27 bits per heavy atom. The zero-order valence-corrected chi connectivity index (χ0v) is 8.95. The lowest BCUT2D eigenvalue weighted by molar-refractivity contribution is 0.0951. The van der Waals surface area contributed by atoms with Crippen LogP contribution >= 0.6 is 0 Å². The highest BCUT2D eigenvalue weighted by molar-refractivity contribution is 5.11. The standard InChI is InChI=1S/C11H18N4/c1-2-4-15-8-11(9-5-13-14-6-9)12-7-10(15)3-1/h5-6,10-12H,1-4,7-8H2,(H,13,14). The van der Waals surface area contributed by atoms with E-state index in [2.05, 4.69) is 20.4 Å². The second-order valence-electron chi connectivity index (χ2n) is 4.64. The highest BCUT2D eigenvalue weighted by Crippen LogP contribution is 2.24. The molecule has 1 aromatic rings. The Hall–Kier alpha value is -0.870. The van der Waals surface area contributed by atoms with Gasteiger partial charge in [-0.05, 0) is 19.4 Å². The average Bonchev–Trinajstić information content (AvgIpc) is 2.82. The summed E-state index contributed by atoms with van der Waals surface area (Å²) in [6.45, 7) is 3.56. The SMILES string of the molecule is c1n[nH]cc1C1CN2CCCCC2CN1. The number of piperazine rings is 1. The van der Waals surface area contributed by atoms with Crippen molar-refractivity contribution in [1.29, 1.82) is 0 Å². The van der Waals surface area contributed by atoms with E-state index in [9.17, 15) is 0 Å². The van der Waals surface area contributed by atoms with Crippen molar-refractivity contribution in [3.8, 4) is 0 Å². The number of hydrogen-bond acceptors (Lipinski definition) is 3. The van der Waals surface area contributed by atoms with Crippen molar-refractivity contribution in [1.82, 2.24) is 20.4 Å². The molecule has 0 aromatic carbocycles. The van der Waals surface area contributed by atoms with Crippen molar-refractivity contribution in [3.63, 3.8) is 0 Å². The topological polar surface area (TPSA) is 44.0 Å². The monoisotopic (exact) mass is 206 g/mol. The van der Waals surface area contributed by atoms with Crippen LogP contribution in [0.3, 0.4) is 0 Å². The summed E-state index contributed by atoms with van der Waals surface area (Å²) in [7, 11) is 0. The largest absolute Gasteiger partial charge is 0.307 e. The van der Waals surface area contributed by atoms with Gasteiger partial charge in [0.2, 0.25) is 0 Å². The Bertz CT molecular complexity index is 308. The summed E-state index contributed by atoms with van der Waals surface area (Å²) in [6, 6.07) is 1.25. The maximum atomic E-state index is 4.02. The molecular formula is C11H18N4. The number of hydrogen-bond donors (Lipinski definition) is 2. The first kappa shape index (κ1) is 9.36. The second kappa shape index (κ2) is 3.94. The predicted molar refractivity (Wildman–Crippen MR) is 58.5 cm³/mol. The Labute approximate surface area is 90.0 Å². The van der Waals surface area contributed by atoms with Crippen LogP contribution in [-0.2, 0) is 0 Å². The van der Waals surface area contributed by atoms with E-state index in [1.807, 2.05) is 12.4 Å². The molecule has 2 unspecified atom stereocenters. The maximum Gasteiger partial charge on any atom is 0.0535 e. The lowest BCUT2D eigenvalue weighted by Crippen LogP contribution is -2.54. The Balaban J connectivity index is 1.70. The molecule has 3 heterocycles. The molecule has 15 heavy (non-hydrogen) atoms. The molecule has 82 valence electrons. The molecule has 0 spiro atoms. The van der Waals surface area contributed by atoms with E-state index in [0.717, 1.165) is 19.1 Å². The molecule has 0 saturated carbocycles. The lowest BCUT2D eigenvalue weighted by atomic mass is 9.97. The van der Waals surface area contributed by atoms with Crippen LogP contribution in [0.5, 0.6) is 0 Å². The fraction of sp³-hybridized carbons (Fsp3) is 0.727. The minimum absolute atomic E-state index is 0.470. The number of piperidine rings is 1. The van der Waals surface area contributed by atoms with Crippen LogP contribution in [0.2, 0.25) is 0 Å². The highest BCUT2D eigenvalue weighted by Gasteiger charge is 2.30. The summed E-state index contributed by atoms with van der Waals surface area (Å²) in [4.78, 5) is 2.64. The molecule has 2 atom stereocenters. The smallest absolute Gasteiger partial charge is 0.0535 e. The number of H-pyrrole nitrogens is 1. The molecule has 2 N–H and O–H groups in total. The number of nitrogens with zero attached hydrogens (tertiary/aromatic N) is 2. The van der Waals surface area contributed by atoms with Gasteiger partial charge in [-0.3, -0.25) is 10.00 Å². The fourth-order valence-corrected chi connectivity index (χ4v) is 2.78. The fourth-order valence-electron chi connectivity index (χ4n) is 2.78. The molecule has 2 aliphatic rings. The molecule has 1 aromatic heterocycles. The van der Waals surface area contributed by atoms with Gasteiger partial charge >= 0.3 is 0 Å². The van der Waals surface area contributed by atoms with Gasteiger partial charge in [-0.2, -0.15) is 5.10 Å². The summed E-state index contributed by atoms with van der Waals surface area (Å²) in [5.74, 6) is 0. The van der Waals surface area contributed by atoms with Crippen LogP contribution in [0.15, 0.2) is 12.4 Å². The van der Waals surface area contributed by atoms with Gasteiger partial charge in [0.15, 0.2) is 0 Å². The molecule has 4 heteroatoms. The molecule has 2 aliphatic heterocycles. The molecule has 2 saturated heterocycles. The quantitative estimate of drug-likeness (QED) is 0.718.